The van der Waals surface area contributed by atoms with Crippen molar-refractivity contribution in [3.8, 4) is 0 Å². The molecule has 0 aromatic rings. The van der Waals surface area contributed by atoms with Crippen molar-refractivity contribution in [2.24, 2.45) is 10.2 Å². The van der Waals surface area contributed by atoms with Crippen LogP contribution in [0.25, 0.3) is 0 Å². The van der Waals surface area contributed by atoms with E-state index in [2.05, 4.69) is 10.2 Å². The molecule has 0 spiro atoms. The predicted molar refractivity (Wildman–Crippen MR) is 35.8 cm³/mol. The molecule has 0 unspecified atom stereocenters. The summed E-state index contributed by atoms with van der Waals surface area (Å²) >= 11 is 0. The number of Topliss-reactive ketones (excluding diaryl/α,β-unsaturated/α-hetero) is 1. The Hall–Kier alpha value is -0.990. The predicted octanol–water partition coefficient (Wildman–Crippen LogP) is 0.796. The smallest absolute Gasteiger partial charge is 0.181 e. The van der Waals surface area contributed by atoms with Crippen molar-refractivity contribution in [3.05, 3.63) is 0 Å². The maximum Gasteiger partial charge on any atom is 0.181 e. The third kappa shape index (κ3) is 1.45. The monoisotopic (exact) mass is 124 g/mol. The number of carbonyl (C=O) groups is 1. The van der Waals surface area contributed by atoms with Crippen LogP contribution in [0.5, 0.6) is 0 Å². The lowest BCUT2D eigenvalue weighted by Crippen LogP contribution is -2.11. The minimum absolute atomic E-state index is 0.0573. The molecule has 1 aliphatic heterocycles. The molecule has 48 valence electrons. The SMILES string of the molecule is CCC1=NN=CC(=O)C1. The van der Waals surface area contributed by atoms with Crippen LogP contribution < -0.4 is 0 Å². The van der Waals surface area contributed by atoms with Gasteiger partial charge < -0.3 is 0 Å². The minimum atomic E-state index is 0.0573. The van der Waals surface area contributed by atoms with Gasteiger partial charge >= 0.3 is 0 Å². The van der Waals surface area contributed by atoms with Crippen LogP contribution in [-0.2, 0) is 4.79 Å². The Morgan fingerprint density at radius 3 is 3.00 bits per heavy atom. The van der Waals surface area contributed by atoms with Crippen molar-refractivity contribution in [2.45, 2.75) is 19.8 Å². The first-order valence-corrected chi connectivity index (χ1v) is 2.94. The Kier molecular flexibility index (Phi) is 1.72. The highest BCUT2D eigenvalue weighted by Crippen LogP contribution is 1.98. The molecular formula is C6H8N2O. The second kappa shape index (κ2) is 2.53. The van der Waals surface area contributed by atoms with Crippen LogP contribution in [0.4, 0.5) is 0 Å². The Balaban J connectivity index is 2.65. The van der Waals surface area contributed by atoms with Crippen LogP contribution in [0.15, 0.2) is 10.2 Å². The van der Waals surface area contributed by atoms with Gasteiger partial charge in [-0.15, -0.1) is 0 Å². The fourth-order valence-corrected chi connectivity index (χ4v) is 0.653. The highest BCUT2D eigenvalue weighted by Gasteiger charge is 2.06. The van der Waals surface area contributed by atoms with E-state index in [1.54, 1.807) is 0 Å². The lowest BCUT2D eigenvalue weighted by atomic mass is 10.1. The minimum Gasteiger partial charge on any atom is -0.293 e. The van der Waals surface area contributed by atoms with Crippen LogP contribution in [0.3, 0.4) is 0 Å². The van der Waals surface area contributed by atoms with E-state index in [9.17, 15) is 4.79 Å². The summed E-state index contributed by atoms with van der Waals surface area (Å²) in [6.07, 6.45) is 2.54. The van der Waals surface area contributed by atoms with E-state index in [1.807, 2.05) is 6.92 Å². The van der Waals surface area contributed by atoms with Gasteiger partial charge in [0.1, 0.15) is 0 Å². The molecule has 3 nitrogen and oxygen atoms in total. The molecule has 3 heteroatoms. The van der Waals surface area contributed by atoms with Crippen molar-refractivity contribution in [2.75, 3.05) is 0 Å². The summed E-state index contributed by atoms with van der Waals surface area (Å²) in [4.78, 5) is 10.6. The Labute approximate surface area is 53.5 Å². The molecule has 0 aromatic carbocycles. The second-order valence-corrected chi connectivity index (χ2v) is 1.91. The van der Waals surface area contributed by atoms with Gasteiger partial charge in [0.05, 0.1) is 12.6 Å². The first-order valence-electron chi connectivity index (χ1n) is 2.94. The van der Waals surface area contributed by atoms with Gasteiger partial charge in [-0.3, -0.25) is 4.79 Å². The largest absolute Gasteiger partial charge is 0.293 e. The summed E-state index contributed by atoms with van der Waals surface area (Å²) in [5.41, 5.74) is 0.877. The summed E-state index contributed by atoms with van der Waals surface area (Å²) in [6.45, 7) is 1.97. The van der Waals surface area contributed by atoms with Crippen LogP contribution in [0.1, 0.15) is 19.8 Å². The van der Waals surface area contributed by atoms with E-state index >= 15 is 0 Å². The number of nitrogens with zero attached hydrogens (tertiary/aromatic N) is 2. The molecule has 0 saturated carbocycles. The number of ketones is 1. The highest BCUT2D eigenvalue weighted by atomic mass is 16.1. The van der Waals surface area contributed by atoms with Gasteiger partial charge in [-0.05, 0) is 6.42 Å². The number of hydrogen-bond donors (Lipinski definition) is 0. The van der Waals surface area contributed by atoms with Gasteiger partial charge in [-0.1, -0.05) is 6.92 Å². The fraction of sp³-hybridized carbons (Fsp3) is 0.500. The van der Waals surface area contributed by atoms with Gasteiger partial charge in [0.2, 0.25) is 0 Å². The Morgan fingerprint density at radius 1 is 1.78 bits per heavy atom. The first kappa shape index (κ1) is 6.13. The number of rotatable bonds is 1. The molecule has 0 saturated heterocycles. The summed E-state index contributed by atoms with van der Waals surface area (Å²) in [5, 5.41) is 7.29. The molecule has 0 atom stereocenters. The zero-order valence-electron chi connectivity index (χ0n) is 5.29. The maximum absolute atomic E-state index is 10.6. The van der Waals surface area contributed by atoms with Crippen LogP contribution in [0, 0.1) is 0 Å². The molecule has 0 radical (unpaired) electrons. The normalized spacial score (nSPS) is 17.9. The first-order chi connectivity index (χ1) is 4.33. The molecule has 0 amide bonds. The summed E-state index contributed by atoms with van der Waals surface area (Å²) in [6, 6.07) is 0. The maximum atomic E-state index is 10.6. The van der Waals surface area contributed by atoms with Crippen LogP contribution in [0.2, 0.25) is 0 Å². The Bertz CT molecular complexity index is 181. The zero-order valence-corrected chi connectivity index (χ0v) is 5.29. The average molecular weight is 124 g/mol. The third-order valence-electron chi connectivity index (χ3n) is 1.19. The summed E-state index contributed by atoms with van der Waals surface area (Å²) in [7, 11) is 0. The molecule has 1 rings (SSSR count). The van der Waals surface area contributed by atoms with E-state index in [0.717, 1.165) is 12.1 Å². The van der Waals surface area contributed by atoms with Crippen molar-refractivity contribution < 1.29 is 4.79 Å². The van der Waals surface area contributed by atoms with E-state index in [1.165, 1.54) is 6.21 Å². The number of carbonyl (C=O) groups excluding carboxylic acids is 1. The standard InChI is InChI=1S/C6H8N2O/c1-2-5-3-6(9)4-7-8-5/h4H,2-3H2,1H3. The molecular weight excluding hydrogens is 116 g/mol. The topological polar surface area (TPSA) is 41.8 Å². The van der Waals surface area contributed by atoms with Crippen molar-refractivity contribution in [1.82, 2.24) is 0 Å². The van der Waals surface area contributed by atoms with Gasteiger partial charge in [0.25, 0.3) is 0 Å². The van der Waals surface area contributed by atoms with Crippen LogP contribution >= 0.6 is 0 Å². The third-order valence-corrected chi connectivity index (χ3v) is 1.19. The average Bonchev–Trinajstić information content (AvgIpc) is 1.88. The summed E-state index contributed by atoms with van der Waals surface area (Å²) in [5.74, 6) is 0.0573. The van der Waals surface area contributed by atoms with Crippen molar-refractivity contribution in [3.63, 3.8) is 0 Å². The van der Waals surface area contributed by atoms with Crippen molar-refractivity contribution >= 4 is 17.7 Å². The Morgan fingerprint density at radius 2 is 2.56 bits per heavy atom. The molecule has 0 bridgehead atoms. The molecule has 1 heterocycles. The van der Waals surface area contributed by atoms with Gasteiger partial charge in [-0.25, -0.2) is 0 Å². The number of hydrogen-bond acceptors (Lipinski definition) is 3. The lowest BCUT2D eigenvalue weighted by molar-refractivity contribution is -0.111. The molecule has 0 N–H and O–H groups in total. The van der Waals surface area contributed by atoms with Gasteiger partial charge in [0.15, 0.2) is 5.78 Å². The summed E-state index contributed by atoms with van der Waals surface area (Å²) < 4.78 is 0. The van der Waals surface area contributed by atoms with Gasteiger partial charge in [0, 0.05) is 5.71 Å². The second-order valence-electron chi connectivity index (χ2n) is 1.91. The molecule has 1 aliphatic rings. The van der Waals surface area contributed by atoms with Crippen molar-refractivity contribution in [1.29, 1.82) is 0 Å². The molecule has 0 aromatic heterocycles. The van der Waals surface area contributed by atoms with Gasteiger partial charge in [-0.2, -0.15) is 10.2 Å². The molecule has 9 heavy (non-hydrogen) atoms. The van der Waals surface area contributed by atoms with E-state index < -0.39 is 0 Å². The van der Waals surface area contributed by atoms with E-state index in [-0.39, 0.29) is 5.78 Å². The van der Waals surface area contributed by atoms with E-state index in [4.69, 9.17) is 0 Å². The van der Waals surface area contributed by atoms with Crippen LogP contribution in [-0.4, -0.2) is 17.7 Å². The zero-order chi connectivity index (χ0) is 6.69. The van der Waals surface area contributed by atoms with E-state index in [0.29, 0.717) is 6.42 Å². The molecule has 0 aliphatic carbocycles. The highest BCUT2D eigenvalue weighted by molar-refractivity contribution is 6.33. The quantitative estimate of drug-likeness (QED) is 0.509. The lowest BCUT2D eigenvalue weighted by Gasteiger charge is -2.00. The fourth-order valence-electron chi connectivity index (χ4n) is 0.653. The molecule has 0 fully saturated rings.